The molecule has 0 unspecified atom stereocenters. The lowest BCUT2D eigenvalue weighted by molar-refractivity contribution is 0.391. The van der Waals surface area contributed by atoms with E-state index < -0.39 is 0 Å². The number of hydrogen-bond donors (Lipinski definition) is 0. The molecule has 1 aromatic carbocycles. The number of thioether (sulfide) groups is 1. The van der Waals surface area contributed by atoms with E-state index >= 15 is 0 Å². The molecule has 4 heterocycles. The summed E-state index contributed by atoms with van der Waals surface area (Å²) in [7, 11) is 0. The third-order valence-corrected chi connectivity index (χ3v) is 6.24. The van der Waals surface area contributed by atoms with Crippen molar-refractivity contribution in [3.63, 3.8) is 0 Å². The molecular formula is C19H16N6O2S2. The lowest BCUT2D eigenvalue weighted by Gasteiger charge is -2.10. The molecule has 0 saturated carbocycles. The van der Waals surface area contributed by atoms with Gasteiger partial charge in [0, 0.05) is 6.54 Å². The average molecular weight is 425 g/mol. The largest absolute Gasteiger partial charge is 0.338 e. The Balaban J connectivity index is 1.53. The van der Waals surface area contributed by atoms with Gasteiger partial charge in [-0.1, -0.05) is 42.0 Å². The molecule has 5 rings (SSSR count). The van der Waals surface area contributed by atoms with Crippen molar-refractivity contribution in [2.75, 3.05) is 0 Å². The van der Waals surface area contributed by atoms with Gasteiger partial charge in [-0.25, -0.2) is 0 Å². The molecule has 0 radical (unpaired) electrons. The summed E-state index contributed by atoms with van der Waals surface area (Å²) in [5, 5.41) is 16.0. The molecule has 0 N–H and O–H groups in total. The van der Waals surface area contributed by atoms with Crippen LogP contribution in [0.2, 0.25) is 0 Å². The van der Waals surface area contributed by atoms with Crippen LogP contribution in [0.4, 0.5) is 0 Å². The summed E-state index contributed by atoms with van der Waals surface area (Å²) in [6, 6.07) is 11.4. The first-order chi connectivity index (χ1) is 14.3. The lowest BCUT2D eigenvalue weighted by atomic mass is 10.2. The van der Waals surface area contributed by atoms with Crippen LogP contribution < -0.4 is 5.56 Å². The van der Waals surface area contributed by atoms with Crippen LogP contribution in [0, 0.1) is 0 Å². The first kappa shape index (κ1) is 18.1. The van der Waals surface area contributed by atoms with Gasteiger partial charge in [0.05, 0.1) is 21.5 Å². The number of thiophene rings is 1. The molecule has 0 atom stereocenters. The quantitative estimate of drug-likeness (QED) is 0.382. The number of fused-ring (bicyclic) bond motifs is 3. The van der Waals surface area contributed by atoms with E-state index in [0.29, 0.717) is 40.3 Å². The smallest absolute Gasteiger partial charge is 0.262 e. The molecular weight excluding hydrogens is 408 g/mol. The highest BCUT2D eigenvalue weighted by molar-refractivity contribution is 7.98. The third kappa shape index (κ3) is 3.14. The molecule has 10 heteroatoms. The number of hydrogen-bond acceptors (Lipinski definition) is 8. The summed E-state index contributed by atoms with van der Waals surface area (Å²) in [6.45, 7) is 2.62. The molecule has 146 valence electrons. The number of nitrogens with zero attached hydrogens (tertiary/aromatic N) is 6. The molecule has 0 aliphatic rings. The van der Waals surface area contributed by atoms with Gasteiger partial charge in [-0.2, -0.15) is 4.98 Å². The zero-order chi connectivity index (χ0) is 19.8. The van der Waals surface area contributed by atoms with Crippen molar-refractivity contribution < 1.29 is 4.52 Å². The number of aromatic nitrogens is 6. The molecule has 0 spiro atoms. The molecule has 0 aliphatic carbocycles. The van der Waals surface area contributed by atoms with Crippen molar-refractivity contribution in [1.29, 1.82) is 0 Å². The van der Waals surface area contributed by atoms with E-state index in [-0.39, 0.29) is 5.56 Å². The van der Waals surface area contributed by atoms with Crippen LogP contribution in [0.3, 0.4) is 0 Å². The lowest BCUT2D eigenvalue weighted by Crippen LogP contribution is -2.23. The molecule has 0 fully saturated rings. The van der Waals surface area contributed by atoms with E-state index in [1.54, 1.807) is 15.9 Å². The van der Waals surface area contributed by atoms with Gasteiger partial charge in [0.15, 0.2) is 5.16 Å². The minimum atomic E-state index is -0.0450. The van der Waals surface area contributed by atoms with Crippen molar-refractivity contribution in [3.8, 4) is 10.7 Å². The van der Waals surface area contributed by atoms with Gasteiger partial charge in [-0.05, 0) is 30.0 Å². The highest BCUT2D eigenvalue weighted by atomic mass is 32.2. The molecule has 0 aliphatic heterocycles. The molecule has 0 amide bonds. The Morgan fingerprint density at radius 3 is 2.90 bits per heavy atom. The Kier molecular flexibility index (Phi) is 4.64. The maximum absolute atomic E-state index is 12.9. The van der Waals surface area contributed by atoms with Gasteiger partial charge in [-0.3, -0.25) is 13.8 Å². The summed E-state index contributed by atoms with van der Waals surface area (Å²) in [5.74, 6) is 2.11. The van der Waals surface area contributed by atoms with E-state index in [9.17, 15) is 4.79 Å². The maximum Gasteiger partial charge on any atom is 0.262 e. The van der Waals surface area contributed by atoms with Crippen LogP contribution in [-0.2, 0) is 12.3 Å². The zero-order valence-electron chi connectivity index (χ0n) is 15.5. The predicted octanol–water partition coefficient (Wildman–Crippen LogP) is 3.86. The number of para-hydroxylation sites is 1. The minimum absolute atomic E-state index is 0.0450. The van der Waals surface area contributed by atoms with Gasteiger partial charge in [0.25, 0.3) is 5.56 Å². The van der Waals surface area contributed by atoms with Crippen molar-refractivity contribution in [2.45, 2.75) is 30.8 Å². The van der Waals surface area contributed by atoms with Crippen molar-refractivity contribution in [1.82, 2.24) is 29.3 Å². The first-order valence-corrected chi connectivity index (χ1v) is 11.0. The second-order valence-corrected chi connectivity index (χ2v) is 8.26. The molecule has 29 heavy (non-hydrogen) atoms. The topological polar surface area (TPSA) is 91.1 Å². The van der Waals surface area contributed by atoms with Gasteiger partial charge in [0.1, 0.15) is 0 Å². The Labute approximate surface area is 173 Å². The summed E-state index contributed by atoms with van der Waals surface area (Å²) >= 11 is 3.01. The van der Waals surface area contributed by atoms with Crippen molar-refractivity contribution >= 4 is 39.8 Å². The number of rotatable bonds is 6. The van der Waals surface area contributed by atoms with Gasteiger partial charge >= 0.3 is 0 Å². The fourth-order valence-corrected chi connectivity index (χ4v) is 4.62. The van der Waals surface area contributed by atoms with Crippen molar-refractivity contribution in [3.05, 3.63) is 58.0 Å². The highest BCUT2D eigenvalue weighted by Gasteiger charge is 2.17. The third-order valence-electron chi connectivity index (χ3n) is 4.46. The van der Waals surface area contributed by atoms with E-state index in [1.807, 2.05) is 53.1 Å². The minimum Gasteiger partial charge on any atom is -0.338 e. The summed E-state index contributed by atoms with van der Waals surface area (Å²) in [4.78, 5) is 18.3. The molecule has 8 nitrogen and oxygen atoms in total. The maximum atomic E-state index is 12.9. The molecule has 4 aromatic heterocycles. The van der Waals surface area contributed by atoms with Crippen LogP contribution in [0.1, 0.15) is 19.2 Å². The molecule has 5 aromatic rings. The Morgan fingerprint density at radius 1 is 1.17 bits per heavy atom. The van der Waals surface area contributed by atoms with Crippen LogP contribution in [0.5, 0.6) is 0 Å². The van der Waals surface area contributed by atoms with E-state index in [4.69, 9.17) is 4.52 Å². The van der Waals surface area contributed by atoms with Crippen molar-refractivity contribution in [2.24, 2.45) is 0 Å². The fraction of sp³-hybridized carbons (Fsp3) is 0.211. The van der Waals surface area contributed by atoms with E-state index in [0.717, 1.165) is 16.8 Å². The van der Waals surface area contributed by atoms with Gasteiger partial charge in [0.2, 0.25) is 17.5 Å². The monoisotopic (exact) mass is 424 g/mol. The molecule has 0 saturated heterocycles. The first-order valence-electron chi connectivity index (χ1n) is 9.12. The van der Waals surface area contributed by atoms with E-state index in [2.05, 4.69) is 20.3 Å². The Hall–Kier alpha value is -2.98. The normalized spacial score (nSPS) is 11.6. The summed E-state index contributed by atoms with van der Waals surface area (Å²) in [6.07, 6.45) is 0.830. The second kappa shape index (κ2) is 7.45. The van der Waals surface area contributed by atoms with Gasteiger partial charge in [-0.15, -0.1) is 21.5 Å². The zero-order valence-corrected chi connectivity index (χ0v) is 17.1. The molecule has 0 bridgehead atoms. The van der Waals surface area contributed by atoms with Crippen LogP contribution in [-0.4, -0.2) is 29.3 Å². The highest BCUT2D eigenvalue weighted by Crippen LogP contribution is 2.26. The second-order valence-electron chi connectivity index (χ2n) is 6.37. The average Bonchev–Trinajstić information content (AvgIpc) is 3.50. The number of benzene rings is 1. The van der Waals surface area contributed by atoms with Crippen LogP contribution in [0.15, 0.2) is 56.3 Å². The fourth-order valence-electron chi connectivity index (χ4n) is 3.20. The van der Waals surface area contributed by atoms with Gasteiger partial charge < -0.3 is 4.52 Å². The van der Waals surface area contributed by atoms with E-state index in [1.165, 1.54) is 11.8 Å². The summed E-state index contributed by atoms with van der Waals surface area (Å²) < 4.78 is 8.99. The SMILES string of the molecule is CCCn1c(=O)c2ccccc2n2c(SCc3nc(-c4cccs4)no3)nnc12. The Morgan fingerprint density at radius 2 is 2.07 bits per heavy atom. The Bertz CT molecular complexity index is 1350. The van der Waals surface area contributed by atoms with Crippen LogP contribution in [0.25, 0.3) is 27.4 Å². The van der Waals surface area contributed by atoms with Crippen LogP contribution >= 0.6 is 23.1 Å². The number of aryl methyl sites for hydroxylation is 1. The predicted molar refractivity (Wildman–Crippen MR) is 112 cm³/mol. The summed E-state index contributed by atoms with van der Waals surface area (Å²) in [5.41, 5.74) is 0.744. The standard InChI is InChI=1S/C19H16N6O2S2/c1-2-9-24-17(26)12-6-3-4-7-13(12)25-18(24)21-22-19(25)29-11-15-20-16(23-27-15)14-8-5-10-28-14/h3-8,10H,2,9,11H2,1H3.